The van der Waals surface area contributed by atoms with Crippen molar-refractivity contribution in [2.45, 2.75) is 74.1 Å². The molecule has 2 N–H and O–H groups in total. The summed E-state index contributed by atoms with van der Waals surface area (Å²) in [6.07, 6.45) is 4.03. The lowest BCUT2D eigenvalue weighted by Gasteiger charge is -2.03. The first-order valence-electron chi connectivity index (χ1n) is 13.0. The number of rotatable bonds is 2. The lowest BCUT2D eigenvalue weighted by Crippen LogP contribution is -1.91. The van der Waals surface area contributed by atoms with Gasteiger partial charge in [0.15, 0.2) is 0 Å². The van der Waals surface area contributed by atoms with Crippen LogP contribution in [0.4, 0.5) is 0 Å². The van der Waals surface area contributed by atoms with E-state index in [4.69, 9.17) is 9.97 Å². The van der Waals surface area contributed by atoms with Crippen LogP contribution in [-0.4, -0.2) is 19.9 Å². The second-order valence-corrected chi connectivity index (χ2v) is 10.3. The fourth-order valence-corrected chi connectivity index (χ4v) is 6.17. The number of aryl methyl sites for hydroxylation is 4. The summed E-state index contributed by atoms with van der Waals surface area (Å²) < 4.78 is 0. The molecule has 8 bridgehead atoms. The molecule has 0 amide bonds. The third-order valence-corrected chi connectivity index (χ3v) is 8.56. The Bertz CT molecular complexity index is 1650. The van der Waals surface area contributed by atoms with Crippen molar-refractivity contribution >= 4 is 44.4 Å². The minimum Gasteiger partial charge on any atom is -0.355 e. The smallest absolute Gasteiger partial charge is 0.0726 e. The Morgan fingerprint density at radius 3 is 1.97 bits per heavy atom. The molecule has 1 aliphatic carbocycles. The monoisotopic (exact) mass is 462 g/mol. The molecule has 0 spiro atoms. The number of aromatic nitrogens is 4. The van der Waals surface area contributed by atoms with E-state index in [2.05, 4.69) is 76.6 Å². The average Bonchev–Trinajstić information content (AvgIpc) is 3.59. The van der Waals surface area contributed by atoms with E-state index in [1.807, 2.05) is 0 Å². The van der Waals surface area contributed by atoms with Gasteiger partial charge in [0.05, 0.1) is 22.8 Å². The molecule has 3 aromatic heterocycles. The Hall–Kier alpha value is -3.40. The predicted octanol–water partition coefficient (Wildman–Crippen LogP) is 8.02. The molecule has 5 heterocycles. The van der Waals surface area contributed by atoms with Crippen molar-refractivity contribution in [3.63, 3.8) is 0 Å². The summed E-state index contributed by atoms with van der Waals surface area (Å²) in [5.41, 5.74) is 21.1. The van der Waals surface area contributed by atoms with E-state index in [9.17, 15) is 0 Å². The van der Waals surface area contributed by atoms with Gasteiger partial charge in [0.2, 0.25) is 0 Å². The first-order valence-corrected chi connectivity index (χ1v) is 13.0. The maximum Gasteiger partial charge on any atom is 0.0726 e. The lowest BCUT2D eigenvalue weighted by atomic mass is 10.0. The number of hydrogen-bond acceptors (Lipinski definition) is 2. The zero-order valence-corrected chi connectivity index (χ0v) is 22.0. The number of nitrogens with one attached hydrogen (secondary N) is 2. The third kappa shape index (κ3) is 3.12. The van der Waals surface area contributed by atoms with Gasteiger partial charge < -0.3 is 9.97 Å². The van der Waals surface area contributed by atoms with Gasteiger partial charge in [-0.25, -0.2) is 9.97 Å². The van der Waals surface area contributed by atoms with E-state index in [0.29, 0.717) is 0 Å². The Morgan fingerprint density at radius 2 is 1.26 bits per heavy atom. The highest BCUT2D eigenvalue weighted by Gasteiger charge is 2.30. The van der Waals surface area contributed by atoms with Gasteiger partial charge in [-0.1, -0.05) is 13.8 Å². The van der Waals surface area contributed by atoms with Crippen molar-refractivity contribution in [1.82, 2.24) is 19.9 Å². The van der Waals surface area contributed by atoms with E-state index in [1.165, 1.54) is 66.8 Å². The van der Waals surface area contributed by atoms with E-state index in [-0.39, 0.29) is 0 Å². The van der Waals surface area contributed by atoms with Crippen LogP contribution >= 0.6 is 0 Å². The highest BCUT2D eigenvalue weighted by molar-refractivity contribution is 5.98. The standard InChI is InChI=1S/C31H34N4/c1-8-20-17(5)26-12-24-15(3)16(4)25(32-24)13-27-18(6)21(9-2)30(34-27)23-11-10-22-19(7)28(35-31(22)23)14-29(20)33-26/h12-14,32-33H,8-11H2,1-7H3. The van der Waals surface area contributed by atoms with Gasteiger partial charge in [-0.2, -0.15) is 0 Å². The highest BCUT2D eigenvalue weighted by Crippen LogP contribution is 2.44. The van der Waals surface area contributed by atoms with Crippen molar-refractivity contribution in [3.8, 4) is 0 Å². The fraction of sp³-hybridized carbons (Fsp3) is 0.355. The second kappa shape index (κ2) is 7.81. The van der Waals surface area contributed by atoms with Crippen molar-refractivity contribution < 1.29 is 0 Å². The van der Waals surface area contributed by atoms with Crippen LogP contribution in [0.5, 0.6) is 0 Å². The van der Waals surface area contributed by atoms with Crippen LogP contribution in [0, 0.1) is 20.8 Å². The molecule has 4 heteroatoms. The van der Waals surface area contributed by atoms with Crippen LogP contribution < -0.4 is 0 Å². The first kappa shape index (κ1) is 22.1. The summed E-state index contributed by atoms with van der Waals surface area (Å²) in [5.74, 6) is 0. The molecule has 6 rings (SSSR count). The molecule has 2 aliphatic heterocycles. The number of fused-ring (bicyclic) bond motifs is 8. The quantitative estimate of drug-likeness (QED) is 0.405. The van der Waals surface area contributed by atoms with Crippen molar-refractivity contribution in [2.24, 2.45) is 0 Å². The molecule has 0 unspecified atom stereocenters. The lowest BCUT2D eigenvalue weighted by molar-refractivity contribution is 1.04. The van der Waals surface area contributed by atoms with Gasteiger partial charge >= 0.3 is 0 Å². The molecule has 0 saturated heterocycles. The summed E-state index contributed by atoms with van der Waals surface area (Å²) in [6, 6.07) is 6.78. The second-order valence-electron chi connectivity index (χ2n) is 10.3. The molecule has 3 aliphatic rings. The minimum absolute atomic E-state index is 0.978. The van der Waals surface area contributed by atoms with Gasteiger partial charge in [-0.15, -0.1) is 0 Å². The summed E-state index contributed by atoms with van der Waals surface area (Å²) in [5, 5.41) is 0. The summed E-state index contributed by atoms with van der Waals surface area (Å²) in [7, 11) is 0. The SMILES string of the molecule is CCC1=C(C)c2cc3[nH]c(cc4[nH]c(cc5nc6c(c1n2)CCC6=C5C)c(CC)c4C)c(C)c3C. The zero-order chi connectivity index (χ0) is 24.6. The summed E-state index contributed by atoms with van der Waals surface area (Å²) in [6.45, 7) is 15.6. The molecule has 0 aromatic carbocycles. The van der Waals surface area contributed by atoms with Crippen molar-refractivity contribution in [2.75, 3.05) is 0 Å². The van der Waals surface area contributed by atoms with Crippen LogP contribution in [0.1, 0.15) is 91.1 Å². The average molecular weight is 463 g/mol. The van der Waals surface area contributed by atoms with Crippen LogP contribution in [0.25, 0.3) is 44.4 Å². The fourth-order valence-electron chi connectivity index (χ4n) is 6.17. The van der Waals surface area contributed by atoms with Crippen LogP contribution in [0.15, 0.2) is 18.2 Å². The predicted molar refractivity (Wildman–Crippen MR) is 148 cm³/mol. The first-order chi connectivity index (χ1) is 16.8. The topological polar surface area (TPSA) is 57.4 Å². The van der Waals surface area contributed by atoms with Gasteiger partial charge in [0.1, 0.15) is 0 Å². The Morgan fingerprint density at radius 1 is 0.657 bits per heavy atom. The number of hydrogen-bond donors (Lipinski definition) is 2. The number of aromatic amines is 2. The number of H-pyrrole nitrogens is 2. The van der Waals surface area contributed by atoms with Gasteiger partial charge in [0, 0.05) is 27.6 Å². The van der Waals surface area contributed by atoms with Crippen LogP contribution in [0.2, 0.25) is 0 Å². The summed E-state index contributed by atoms with van der Waals surface area (Å²) >= 11 is 0. The number of allylic oxidation sites excluding steroid dienone is 4. The third-order valence-electron chi connectivity index (χ3n) is 8.56. The molecule has 35 heavy (non-hydrogen) atoms. The Kier molecular flexibility index (Phi) is 4.93. The van der Waals surface area contributed by atoms with Crippen molar-refractivity contribution in [1.29, 1.82) is 0 Å². The Balaban J connectivity index is 1.83. The highest BCUT2D eigenvalue weighted by atomic mass is 14.8. The molecular weight excluding hydrogens is 428 g/mol. The van der Waals surface area contributed by atoms with E-state index in [1.54, 1.807) is 0 Å². The van der Waals surface area contributed by atoms with Crippen molar-refractivity contribution in [3.05, 3.63) is 68.8 Å². The Labute approximate surface area is 207 Å². The van der Waals surface area contributed by atoms with E-state index in [0.717, 1.165) is 53.8 Å². The largest absolute Gasteiger partial charge is 0.355 e. The molecule has 0 saturated carbocycles. The molecule has 4 nitrogen and oxygen atoms in total. The molecule has 0 fully saturated rings. The minimum atomic E-state index is 0.978. The normalized spacial score (nSPS) is 15.1. The molecule has 0 radical (unpaired) electrons. The van der Waals surface area contributed by atoms with Gasteiger partial charge in [-0.3, -0.25) is 0 Å². The van der Waals surface area contributed by atoms with E-state index < -0.39 is 0 Å². The maximum absolute atomic E-state index is 5.24. The maximum atomic E-state index is 5.24. The molecular formula is C31H34N4. The summed E-state index contributed by atoms with van der Waals surface area (Å²) in [4.78, 5) is 17.9. The van der Waals surface area contributed by atoms with Crippen LogP contribution in [0.3, 0.4) is 0 Å². The van der Waals surface area contributed by atoms with Crippen LogP contribution in [-0.2, 0) is 12.8 Å². The molecule has 3 aromatic rings. The van der Waals surface area contributed by atoms with Gasteiger partial charge in [-0.05, 0) is 123 Å². The number of nitrogens with zero attached hydrogens (tertiary/aromatic N) is 2. The molecule has 0 atom stereocenters. The molecule has 178 valence electrons. The van der Waals surface area contributed by atoms with Gasteiger partial charge in [0.25, 0.3) is 0 Å². The zero-order valence-electron chi connectivity index (χ0n) is 22.0. The van der Waals surface area contributed by atoms with E-state index >= 15 is 0 Å².